The quantitative estimate of drug-likeness (QED) is 0.631. The van der Waals surface area contributed by atoms with Crippen LogP contribution in [0.1, 0.15) is 12.0 Å². The first kappa shape index (κ1) is 21.9. The van der Waals surface area contributed by atoms with Crippen LogP contribution in [0.5, 0.6) is 5.75 Å². The highest BCUT2D eigenvalue weighted by atomic mass is 16.5. The number of rotatable bonds is 4. The number of urea groups is 1. The fourth-order valence-corrected chi connectivity index (χ4v) is 5.70. The largest absolute Gasteiger partial charge is 0.497 e. The molecule has 0 spiro atoms. The summed E-state index contributed by atoms with van der Waals surface area (Å²) in [5.74, 6) is 0.665. The number of hydrogen-bond acceptors (Lipinski definition) is 6. The number of ether oxygens (including phenoxy) is 1. The number of fused-ring (bicyclic) bond motifs is 4. The molecule has 3 fully saturated rings. The van der Waals surface area contributed by atoms with Gasteiger partial charge in [-0.3, -0.25) is 19.9 Å². The van der Waals surface area contributed by atoms with E-state index in [1.165, 1.54) is 4.90 Å². The molecule has 0 aliphatic carbocycles. The Hall–Kier alpha value is -3.62. The van der Waals surface area contributed by atoms with Gasteiger partial charge in [0.15, 0.2) is 0 Å². The Morgan fingerprint density at radius 2 is 1.74 bits per heavy atom. The molecule has 0 radical (unpaired) electrons. The van der Waals surface area contributed by atoms with Gasteiger partial charge in [-0.2, -0.15) is 0 Å². The van der Waals surface area contributed by atoms with Gasteiger partial charge in [0.25, 0.3) is 5.91 Å². The van der Waals surface area contributed by atoms with Crippen LogP contribution in [0.25, 0.3) is 10.8 Å². The molecule has 1 N–H and O–H groups in total. The molecule has 0 saturated carbocycles. The number of nitrogens with one attached hydrogen (secondary N) is 1. The van der Waals surface area contributed by atoms with Gasteiger partial charge in [-0.25, -0.2) is 4.79 Å². The zero-order chi connectivity index (χ0) is 24.1. The topological polar surface area (TPSA) is 68.4 Å². The number of anilines is 1. The van der Waals surface area contributed by atoms with Crippen molar-refractivity contribution >= 4 is 28.4 Å². The Balaban J connectivity index is 1.30. The number of likely N-dealkylation sites (N-methyl/N-ethyl adjacent to an activating group) is 1. The van der Waals surface area contributed by atoms with E-state index in [0.717, 1.165) is 47.3 Å². The highest BCUT2D eigenvalue weighted by Crippen LogP contribution is 2.34. The van der Waals surface area contributed by atoms with Gasteiger partial charge < -0.3 is 14.5 Å². The van der Waals surface area contributed by atoms with Crippen LogP contribution in [0.2, 0.25) is 0 Å². The fraction of sp³-hybridized carbons (Fsp3) is 0.333. The van der Waals surface area contributed by atoms with Gasteiger partial charge in [-0.1, -0.05) is 42.5 Å². The van der Waals surface area contributed by atoms with Crippen molar-refractivity contribution in [1.82, 2.24) is 20.0 Å². The molecule has 3 heterocycles. The lowest BCUT2D eigenvalue weighted by Gasteiger charge is -2.44. The molecule has 0 aromatic heterocycles. The number of carbonyl (C=O) groups excluding carboxylic acids is 2. The number of imide groups is 1. The second-order valence-electron chi connectivity index (χ2n) is 9.37. The summed E-state index contributed by atoms with van der Waals surface area (Å²) in [7, 11) is 3.44. The minimum Gasteiger partial charge on any atom is -0.497 e. The standard InChI is InChI=1S/C27H29N5O3/c1-29-24-23(31-16-6-15-30(26(31)28-24)20-11-13-21(35-2)14-12-20)25(33)32(27(29)34)17-19-9-5-8-18-7-3-4-10-22(18)19/h3-5,7-14,23-24,26,28H,6,15-17H2,1-2H3. The monoisotopic (exact) mass is 471 g/mol. The number of benzene rings is 3. The summed E-state index contributed by atoms with van der Waals surface area (Å²) in [4.78, 5) is 34.8. The lowest BCUT2D eigenvalue weighted by Crippen LogP contribution is -2.66. The molecule has 3 aliphatic heterocycles. The van der Waals surface area contributed by atoms with Gasteiger partial charge in [0.1, 0.15) is 24.2 Å². The van der Waals surface area contributed by atoms with E-state index in [1.54, 1.807) is 19.1 Å². The van der Waals surface area contributed by atoms with Crippen LogP contribution in [-0.4, -0.2) is 72.4 Å². The van der Waals surface area contributed by atoms with E-state index in [1.807, 2.05) is 66.7 Å². The van der Waals surface area contributed by atoms with E-state index in [4.69, 9.17) is 4.74 Å². The fourth-order valence-electron chi connectivity index (χ4n) is 5.70. The molecular formula is C27H29N5O3. The first-order chi connectivity index (χ1) is 17.1. The molecule has 3 aromatic rings. The van der Waals surface area contributed by atoms with Crippen LogP contribution in [0, 0.1) is 0 Å². The Kier molecular flexibility index (Phi) is 5.35. The average Bonchev–Trinajstić information content (AvgIpc) is 3.30. The summed E-state index contributed by atoms with van der Waals surface area (Å²) >= 11 is 0. The molecule has 3 atom stereocenters. The van der Waals surface area contributed by atoms with Gasteiger partial charge >= 0.3 is 6.03 Å². The van der Waals surface area contributed by atoms with E-state index < -0.39 is 6.04 Å². The average molecular weight is 472 g/mol. The van der Waals surface area contributed by atoms with Gasteiger partial charge in [-0.05, 0) is 47.0 Å². The summed E-state index contributed by atoms with van der Waals surface area (Å²) in [6, 6.07) is 21.4. The van der Waals surface area contributed by atoms with Crippen LogP contribution in [0.3, 0.4) is 0 Å². The smallest absolute Gasteiger partial charge is 0.328 e. The van der Waals surface area contributed by atoms with Crippen LogP contribution >= 0.6 is 0 Å². The van der Waals surface area contributed by atoms with Gasteiger partial charge in [-0.15, -0.1) is 0 Å². The number of amides is 3. The molecular weight excluding hydrogens is 442 g/mol. The summed E-state index contributed by atoms with van der Waals surface area (Å²) < 4.78 is 5.31. The second-order valence-corrected chi connectivity index (χ2v) is 9.37. The van der Waals surface area contributed by atoms with E-state index in [2.05, 4.69) is 15.1 Å². The number of hydrogen-bond donors (Lipinski definition) is 1. The molecule has 0 bridgehead atoms. The Morgan fingerprint density at radius 3 is 2.54 bits per heavy atom. The Labute approximate surface area is 204 Å². The van der Waals surface area contributed by atoms with Crippen LogP contribution in [0.15, 0.2) is 66.7 Å². The maximum absolute atomic E-state index is 13.8. The first-order valence-electron chi connectivity index (χ1n) is 12.0. The van der Waals surface area contributed by atoms with Crippen molar-refractivity contribution in [1.29, 1.82) is 0 Å². The summed E-state index contributed by atoms with van der Waals surface area (Å²) in [6.45, 7) is 1.92. The van der Waals surface area contributed by atoms with E-state index in [-0.39, 0.29) is 30.9 Å². The van der Waals surface area contributed by atoms with Gasteiger partial charge in [0.2, 0.25) is 0 Å². The van der Waals surface area contributed by atoms with Crippen molar-refractivity contribution < 1.29 is 14.3 Å². The minimum atomic E-state index is -0.432. The summed E-state index contributed by atoms with van der Waals surface area (Å²) in [6.07, 6.45) is 0.397. The maximum Gasteiger partial charge on any atom is 0.328 e. The molecule has 6 rings (SSSR count). The molecule has 35 heavy (non-hydrogen) atoms. The molecule has 8 nitrogen and oxygen atoms in total. The van der Waals surface area contributed by atoms with E-state index in [0.29, 0.717) is 0 Å². The molecule has 3 aromatic carbocycles. The van der Waals surface area contributed by atoms with Crippen molar-refractivity contribution in [3.05, 3.63) is 72.3 Å². The SMILES string of the molecule is COc1ccc(N2CCCN3C4C(=O)N(Cc5cccc6ccccc56)C(=O)N(C)C4NC23)cc1. The van der Waals surface area contributed by atoms with E-state index in [9.17, 15) is 9.59 Å². The minimum absolute atomic E-state index is 0.141. The third kappa shape index (κ3) is 3.52. The van der Waals surface area contributed by atoms with Gasteiger partial charge in [0.05, 0.1) is 13.7 Å². The van der Waals surface area contributed by atoms with Crippen LogP contribution in [-0.2, 0) is 11.3 Å². The number of methoxy groups -OCH3 is 1. The first-order valence-corrected chi connectivity index (χ1v) is 12.0. The highest BCUT2D eigenvalue weighted by molar-refractivity contribution is 6.01. The third-order valence-electron chi connectivity index (χ3n) is 7.48. The lowest BCUT2D eigenvalue weighted by atomic mass is 10.0. The van der Waals surface area contributed by atoms with E-state index >= 15 is 0 Å². The molecule has 180 valence electrons. The second kappa shape index (κ2) is 8.55. The van der Waals surface area contributed by atoms with Crippen molar-refractivity contribution in [3.63, 3.8) is 0 Å². The van der Waals surface area contributed by atoms with Crippen molar-refractivity contribution in [2.24, 2.45) is 0 Å². The van der Waals surface area contributed by atoms with Crippen LogP contribution in [0.4, 0.5) is 10.5 Å². The lowest BCUT2D eigenvalue weighted by molar-refractivity contribution is -0.139. The number of carbonyl (C=O) groups is 2. The van der Waals surface area contributed by atoms with Crippen molar-refractivity contribution in [2.45, 2.75) is 31.5 Å². The predicted octanol–water partition coefficient (Wildman–Crippen LogP) is 3.04. The zero-order valence-corrected chi connectivity index (χ0v) is 19.9. The zero-order valence-electron chi connectivity index (χ0n) is 19.9. The normalized spacial score (nSPS) is 24.6. The highest BCUT2D eigenvalue weighted by Gasteiger charge is 2.56. The molecule has 8 heteroatoms. The third-order valence-corrected chi connectivity index (χ3v) is 7.48. The van der Waals surface area contributed by atoms with Crippen LogP contribution < -0.4 is 15.0 Å². The maximum atomic E-state index is 13.8. The van der Waals surface area contributed by atoms with Gasteiger partial charge in [0, 0.05) is 25.8 Å². The van der Waals surface area contributed by atoms with Crippen molar-refractivity contribution in [3.8, 4) is 5.75 Å². The molecule has 3 saturated heterocycles. The summed E-state index contributed by atoms with van der Waals surface area (Å²) in [5, 5.41) is 5.74. The Bertz CT molecular complexity index is 1270. The summed E-state index contributed by atoms with van der Waals surface area (Å²) in [5.41, 5.74) is 2.03. The van der Waals surface area contributed by atoms with Crippen molar-refractivity contribution in [2.75, 3.05) is 32.1 Å². The predicted molar refractivity (Wildman–Crippen MR) is 134 cm³/mol. The number of nitrogens with zero attached hydrogens (tertiary/aromatic N) is 4. The Morgan fingerprint density at radius 1 is 0.971 bits per heavy atom. The molecule has 3 aliphatic rings. The molecule has 3 amide bonds. The molecule has 3 unspecified atom stereocenters.